The van der Waals surface area contributed by atoms with E-state index in [1.165, 1.54) is 0 Å². The van der Waals surface area contributed by atoms with Crippen LogP contribution in [0.3, 0.4) is 0 Å². The molecule has 7 heteroatoms. The summed E-state index contributed by atoms with van der Waals surface area (Å²) in [4.78, 5) is 0. The zero-order chi connectivity index (χ0) is 25.5. The third kappa shape index (κ3) is 4.97. The third-order valence-corrected chi connectivity index (χ3v) is 6.80. The lowest BCUT2D eigenvalue weighted by Gasteiger charge is -2.07. The van der Waals surface area contributed by atoms with Crippen molar-refractivity contribution in [3.63, 3.8) is 0 Å². The molecular formula is C30H26O7. The maximum atomic E-state index is 10.4. The van der Waals surface area contributed by atoms with E-state index in [1.54, 1.807) is 36.4 Å². The lowest BCUT2D eigenvalue weighted by Crippen LogP contribution is -2.08. The molecule has 0 aromatic heterocycles. The minimum absolute atomic E-state index is 0.163. The standard InChI is InChI=1S/C30H26O7/c31-21-7-1-17(2-8-21)19-5-11-25(33)23(13-19)29-27(36-29)15-35-16-28-30(37-28)24-14-20(6-12-26(24)34)18-3-9-22(32)10-4-18/h1-14,27-34H,15-16H2. The normalized spacial score (nSPS) is 22.1. The van der Waals surface area contributed by atoms with Crippen LogP contribution in [0.1, 0.15) is 23.3 Å². The topological polar surface area (TPSA) is 115 Å². The summed E-state index contributed by atoms with van der Waals surface area (Å²) >= 11 is 0. The Morgan fingerprint density at radius 3 is 1.30 bits per heavy atom. The van der Waals surface area contributed by atoms with Crippen molar-refractivity contribution < 1.29 is 34.6 Å². The van der Waals surface area contributed by atoms with Crippen LogP contribution < -0.4 is 0 Å². The van der Waals surface area contributed by atoms with Gasteiger partial charge in [-0.1, -0.05) is 36.4 Å². The Balaban J connectivity index is 1.04. The largest absolute Gasteiger partial charge is 0.508 e. The number of hydrogen-bond acceptors (Lipinski definition) is 7. The van der Waals surface area contributed by atoms with E-state index >= 15 is 0 Å². The molecule has 0 radical (unpaired) electrons. The first-order chi connectivity index (χ1) is 18.0. The zero-order valence-electron chi connectivity index (χ0n) is 19.8. The van der Waals surface area contributed by atoms with Gasteiger partial charge < -0.3 is 34.6 Å². The second kappa shape index (κ2) is 9.44. The molecule has 0 amide bonds. The molecule has 4 atom stereocenters. The summed E-state index contributed by atoms with van der Waals surface area (Å²) in [5, 5.41) is 39.8. The number of epoxide rings is 2. The van der Waals surface area contributed by atoms with Gasteiger partial charge in [-0.25, -0.2) is 0 Å². The summed E-state index contributed by atoms with van der Waals surface area (Å²) in [6.07, 6.45) is -0.827. The van der Waals surface area contributed by atoms with Crippen molar-refractivity contribution in [3.05, 3.63) is 96.1 Å². The van der Waals surface area contributed by atoms with Gasteiger partial charge in [-0.15, -0.1) is 0 Å². The fourth-order valence-corrected chi connectivity index (χ4v) is 4.62. The van der Waals surface area contributed by atoms with Gasteiger partial charge in [0.25, 0.3) is 0 Å². The molecule has 2 aliphatic heterocycles. The Morgan fingerprint density at radius 2 is 0.892 bits per heavy atom. The molecule has 7 nitrogen and oxygen atoms in total. The van der Waals surface area contributed by atoms with Crippen molar-refractivity contribution in [2.24, 2.45) is 0 Å². The van der Waals surface area contributed by atoms with Gasteiger partial charge in [-0.2, -0.15) is 0 Å². The van der Waals surface area contributed by atoms with Crippen LogP contribution in [-0.4, -0.2) is 45.8 Å². The summed E-state index contributed by atoms with van der Waals surface area (Å²) in [5.74, 6) is 0.745. The highest BCUT2D eigenvalue weighted by molar-refractivity contribution is 5.67. The number of phenolic OH excluding ortho intramolecular Hbond substituents is 4. The molecule has 2 fully saturated rings. The summed E-state index contributed by atoms with van der Waals surface area (Å²) in [5.41, 5.74) is 5.12. The lowest BCUT2D eigenvalue weighted by molar-refractivity contribution is 0.102. The van der Waals surface area contributed by atoms with Crippen LogP contribution in [0, 0.1) is 0 Å². The molecule has 4 aromatic rings. The number of aromatic hydroxyl groups is 4. The zero-order valence-corrected chi connectivity index (χ0v) is 19.8. The summed E-state index contributed by atoms with van der Waals surface area (Å²) in [6.45, 7) is 0.722. The minimum Gasteiger partial charge on any atom is -0.508 e. The summed E-state index contributed by atoms with van der Waals surface area (Å²) < 4.78 is 17.4. The van der Waals surface area contributed by atoms with Gasteiger partial charge in [0, 0.05) is 11.1 Å². The van der Waals surface area contributed by atoms with E-state index in [0.717, 1.165) is 22.3 Å². The summed E-state index contributed by atoms with van der Waals surface area (Å²) in [6, 6.07) is 24.6. The number of benzene rings is 4. The van der Waals surface area contributed by atoms with Crippen LogP contribution in [0.5, 0.6) is 23.0 Å². The third-order valence-electron chi connectivity index (χ3n) is 6.80. The maximum absolute atomic E-state index is 10.4. The van der Waals surface area contributed by atoms with Crippen LogP contribution in [-0.2, 0) is 14.2 Å². The van der Waals surface area contributed by atoms with E-state index in [-0.39, 0.29) is 47.4 Å². The van der Waals surface area contributed by atoms with E-state index in [4.69, 9.17) is 14.2 Å². The Kier molecular flexibility index (Phi) is 5.96. The highest BCUT2D eigenvalue weighted by atomic mass is 16.6. The van der Waals surface area contributed by atoms with Gasteiger partial charge in [0.2, 0.25) is 0 Å². The van der Waals surface area contributed by atoms with Gasteiger partial charge in [-0.05, 0) is 70.8 Å². The highest BCUT2D eigenvalue weighted by Gasteiger charge is 2.45. The van der Waals surface area contributed by atoms with Crippen molar-refractivity contribution in [1.29, 1.82) is 0 Å². The molecule has 2 aliphatic rings. The number of phenols is 4. The van der Waals surface area contributed by atoms with E-state index in [1.807, 2.05) is 48.5 Å². The molecule has 6 rings (SSSR count). The smallest absolute Gasteiger partial charge is 0.121 e. The quantitative estimate of drug-likeness (QED) is 0.239. The molecule has 2 heterocycles. The van der Waals surface area contributed by atoms with E-state index in [2.05, 4.69) is 0 Å². The Morgan fingerprint density at radius 1 is 0.514 bits per heavy atom. The maximum Gasteiger partial charge on any atom is 0.121 e. The van der Waals surface area contributed by atoms with Gasteiger partial charge in [0.15, 0.2) is 0 Å². The Labute approximate surface area is 213 Å². The van der Waals surface area contributed by atoms with Crippen LogP contribution >= 0.6 is 0 Å². The van der Waals surface area contributed by atoms with Crippen molar-refractivity contribution in [2.75, 3.05) is 13.2 Å². The molecular weight excluding hydrogens is 472 g/mol. The second-order valence-corrected chi connectivity index (χ2v) is 9.37. The molecule has 0 bridgehead atoms. The van der Waals surface area contributed by atoms with Gasteiger partial charge in [0.1, 0.15) is 47.4 Å². The highest BCUT2D eigenvalue weighted by Crippen LogP contribution is 2.46. The van der Waals surface area contributed by atoms with Gasteiger partial charge >= 0.3 is 0 Å². The first kappa shape index (κ1) is 23.4. The van der Waals surface area contributed by atoms with Gasteiger partial charge in [-0.3, -0.25) is 0 Å². The van der Waals surface area contributed by atoms with Crippen LogP contribution in [0.25, 0.3) is 22.3 Å². The van der Waals surface area contributed by atoms with E-state index < -0.39 is 0 Å². The molecule has 0 aliphatic carbocycles. The van der Waals surface area contributed by atoms with Crippen LogP contribution in [0.15, 0.2) is 84.9 Å². The molecule has 4 unspecified atom stereocenters. The fraction of sp³-hybridized carbons (Fsp3) is 0.200. The minimum atomic E-state index is -0.251. The molecule has 0 saturated carbocycles. The number of hydrogen-bond donors (Lipinski definition) is 4. The molecule has 2 saturated heterocycles. The van der Waals surface area contributed by atoms with Gasteiger partial charge in [0.05, 0.1) is 13.2 Å². The average Bonchev–Trinajstić information content (AvgIpc) is 3.83. The Bertz CT molecular complexity index is 1310. The van der Waals surface area contributed by atoms with Crippen molar-refractivity contribution >= 4 is 0 Å². The van der Waals surface area contributed by atoms with Crippen molar-refractivity contribution in [2.45, 2.75) is 24.4 Å². The SMILES string of the molecule is Oc1ccc(-c2ccc(O)c(C3OC3COCC3OC3c3cc(-c4ccc(O)cc4)ccc3O)c2)cc1. The first-order valence-electron chi connectivity index (χ1n) is 12.1. The average molecular weight is 499 g/mol. The fourth-order valence-electron chi connectivity index (χ4n) is 4.62. The van der Waals surface area contributed by atoms with E-state index in [0.29, 0.717) is 24.3 Å². The first-order valence-corrected chi connectivity index (χ1v) is 12.1. The van der Waals surface area contributed by atoms with Crippen molar-refractivity contribution in [3.8, 4) is 45.3 Å². The molecule has 37 heavy (non-hydrogen) atoms. The molecule has 4 N–H and O–H groups in total. The number of ether oxygens (including phenoxy) is 3. The predicted molar refractivity (Wildman–Crippen MR) is 136 cm³/mol. The molecule has 0 spiro atoms. The second-order valence-electron chi connectivity index (χ2n) is 9.37. The lowest BCUT2D eigenvalue weighted by atomic mass is 10.00. The molecule has 188 valence electrons. The molecule has 4 aromatic carbocycles. The summed E-state index contributed by atoms with van der Waals surface area (Å²) in [7, 11) is 0. The van der Waals surface area contributed by atoms with Crippen LogP contribution in [0.2, 0.25) is 0 Å². The monoisotopic (exact) mass is 498 g/mol. The van der Waals surface area contributed by atoms with Crippen molar-refractivity contribution in [1.82, 2.24) is 0 Å². The number of rotatable bonds is 8. The Hall–Kier alpha value is -4.04. The van der Waals surface area contributed by atoms with E-state index in [9.17, 15) is 20.4 Å². The predicted octanol–water partition coefficient (Wildman–Crippen LogP) is 5.44. The van der Waals surface area contributed by atoms with Crippen LogP contribution in [0.4, 0.5) is 0 Å².